The normalized spacial score (nSPS) is 21.0. The number of nitrogens with one attached hydrogen (secondary N) is 1. The lowest BCUT2D eigenvalue weighted by atomic mass is 9.72. The van der Waals surface area contributed by atoms with E-state index in [0.29, 0.717) is 0 Å². The van der Waals surface area contributed by atoms with Gasteiger partial charge in [-0.05, 0) is 19.1 Å². The van der Waals surface area contributed by atoms with Crippen LogP contribution < -0.4 is 10.1 Å². The van der Waals surface area contributed by atoms with Crippen LogP contribution in [0.25, 0.3) is 0 Å². The summed E-state index contributed by atoms with van der Waals surface area (Å²) in [6.45, 7) is 6.97. The predicted molar refractivity (Wildman–Crippen MR) is 76.2 cm³/mol. The van der Waals surface area contributed by atoms with Crippen LogP contribution in [-0.2, 0) is 14.3 Å². The fraction of sp³-hybridized carbons (Fsp3) is 0.467. The van der Waals surface area contributed by atoms with Gasteiger partial charge in [-0.25, -0.2) is 9.59 Å². The summed E-state index contributed by atoms with van der Waals surface area (Å²) in [4.78, 5) is 24.9. The summed E-state index contributed by atoms with van der Waals surface area (Å²) in [6, 6.07) is 4.54. The van der Waals surface area contributed by atoms with Gasteiger partial charge in [-0.2, -0.15) is 0 Å². The lowest BCUT2D eigenvalue weighted by Gasteiger charge is -2.43. The third-order valence-corrected chi connectivity index (χ3v) is 3.53. The lowest BCUT2D eigenvalue weighted by Crippen LogP contribution is -2.65. The number of hydrogen-bond acceptors (Lipinski definition) is 6. The summed E-state index contributed by atoms with van der Waals surface area (Å²) >= 11 is 0. The molecule has 0 spiro atoms. The summed E-state index contributed by atoms with van der Waals surface area (Å²) in [7, 11) is 0. The quantitative estimate of drug-likeness (QED) is 0.376. The fourth-order valence-electron chi connectivity index (χ4n) is 2.32. The Bertz CT molecular complexity index is 590. The van der Waals surface area contributed by atoms with Crippen molar-refractivity contribution in [3.05, 3.63) is 18.2 Å². The minimum Gasteiger partial charge on any atom is -0.506 e. The van der Waals surface area contributed by atoms with Crippen LogP contribution >= 0.6 is 0 Å². The third kappa shape index (κ3) is 2.20. The second-order valence-electron chi connectivity index (χ2n) is 5.89. The van der Waals surface area contributed by atoms with Crippen molar-refractivity contribution in [2.45, 2.75) is 33.2 Å². The van der Waals surface area contributed by atoms with E-state index in [2.05, 4.69) is 5.32 Å². The molecular formula is C15H19NO5. The maximum Gasteiger partial charge on any atom is 0.349 e. The van der Waals surface area contributed by atoms with Gasteiger partial charge in [-0.15, -0.1) is 0 Å². The van der Waals surface area contributed by atoms with Gasteiger partial charge in [0.05, 0.1) is 6.61 Å². The topological polar surface area (TPSA) is 84.9 Å². The summed E-state index contributed by atoms with van der Waals surface area (Å²) in [5.41, 5.74) is -2.33. The number of aromatic hydroxyl groups is 1. The van der Waals surface area contributed by atoms with Gasteiger partial charge in [-0.1, -0.05) is 26.8 Å². The minimum absolute atomic E-state index is 0.0991. The SMILES string of the molecule is CCOC(=O)C1(C(C)(C)C)Nc2c(O)cccc2OC1=O. The molecule has 1 aromatic carbocycles. The van der Waals surface area contributed by atoms with E-state index in [9.17, 15) is 14.7 Å². The van der Waals surface area contributed by atoms with Crippen molar-refractivity contribution < 1.29 is 24.2 Å². The van der Waals surface area contributed by atoms with Gasteiger partial charge < -0.3 is 19.9 Å². The van der Waals surface area contributed by atoms with Gasteiger partial charge in [0, 0.05) is 5.41 Å². The number of para-hydroxylation sites is 1. The molecule has 2 rings (SSSR count). The van der Waals surface area contributed by atoms with Gasteiger partial charge >= 0.3 is 11.9 Å². The first-order chi connectivity index (χ1) is 9.74. The van der Waals surface area contributed by atoms with E-state index in [1.54, 1.807) is 33.8 Å². The Kier molecular flexibility index (Phi) is 3.57. The van der Waals surface area contributed by atoms with Crippen LogP contribution in [0.1, 0.15) is 27.7 Å². The maximum absolute atomic E-state index is 12.5. The number of ether oxygens (including phenoxy) is 2. The predicted octanol–water partition coefficient (Wildman–Crippen LogP) is 2.07. The highest BCUT2D eigenvalue weighted by Gasteiger charge is 2.60. The molecule has 0 saturated heterocycles. The van der Waals surface area contributed by atoms with Gasteiger partial charge in [0.1, 0.15) is 11.4 Å². The highest BCUT2D eigenvalue weighted by molar-refractivity contribution is 6.11. The van der Waals surface area contributed by atoms with Crippen LogP contribution in [0.5, 0.6) is 11.5 Å². The molecule has 0 saturated carbocycles. The molecule has 6 nitrogen and oxygen atoms in total. The molecule has 0 aliphatic carbocycles. The van der Waals surface area contributed by atoms with Gasteiger partial charge in [0.15, 0.2) is 5.75 Å². The Morgan fingerprint density at radius 3 is 2.67 bits per heavy atom. The third-order valence-electron chi connectivity index (χ3n) is 3.53. The highest BCUT2D eigenvalue weighted by Crippen LogP contribution is 2.45. The van der Waals surface area contributed by atoms with Crippen LogP contribution in [0.15, 0.2) is 18.2 Å². The standard InChI is InChI=1S/C15H19NO5/c1-5-20-12(18)15(14(2,3)4)13(19)21-10-8-6-7-9(17)11(10)16-15/h6-8,16-17H,5H2,1-4H3. The van der Waals surface area contributed by atoms with Gasteiger partial charge in [-0.3, -0.25) is 0 Å². The molecular weight excluding hydrogens is 274 g/mol. The number of carbonyl (C=O) groups is 2. The zero-order chi connectivity index (χ0) is 15.8. The number of phenolic OH excluding ortho intramolecular Hbond substituents is 1. The fourth-order valence-corrected chi connectivity index (χ4v) is 2.32. The molecule has 21 heavy (non-hydrogen) atoms. The van der Waals surface area contributed by atoms with Gasteiger partial charge in [0.2, 0.25) is 5.54 Å². The summed E-state index contributed by atoms with van der Waals surface area (Å²) in [5, 5.41) is 12.8. The molecule has 0 fully saturated rings. The van der Waals surface area contributed by atoms with Crippen molar-refractivity contribution in [1.82, 2.24) is 0 Å². The molecule has 1 heterocycles. The first kappa shape index (κ1) is 15.2. The molecule has 0 amide bonds. The van der Waals surface area contributed by atoms with Crippen LogP contribution in [0.4, 0.5) is 5.69 Å². The monoisotopic (exact) mass is 293 g/mol. The molecule has 1 aliphatic rings. The van der Waals surface area contributed by atoms with E-state index in [1.165, 1.54) is 12.1 Å². The molecule has 6 heteroatoms. The van der Waals surface area contributed by atoms with E-state index in [0.717, 1.165) is 0 Å². The zero-order valence-corrected chi connectivity index (χ0v) is 12.5. The average molecular weight is 293 g/mol. The van der Waals surface area contributed by atoms with Crippen molar-refractivity contribution in [2.75, 3.05) is 11.9 Å². The highest BCUT2D eigenvalue weighted by atomic mass is 16.6. The smallest absolute Gasteiger partial charge is 0.349 e. The van der Waals surface area contributed by atoms with Crippen LogP contribution in [-0.4, -0.2) is 29.2 Å². The number of phenols is 1. The second kappa shape index (κ2) is 4.95. The first-order valence-corrected chi connectivity index (χ1v) is 6.73. The Morgan fingerprint density at radius 2 is 2.10 bits per heavy atom. The van der Waals surface area contributed by atoms with Crippen LogP contribution in [0.2, 0.25) is 0 Å². The van der Waals surface area contributed by atoms with E-state index < -0.39 is 22.9 Å². The number of rotatable bonds is 2. The van der Waals surface area contributed by atoms with Crippen molar-refractivity contribution in [1.29, 1.82) is 0 Å². The first-order valence-electron chi connectivity index (χ1n) is 6.73. The molecule has 0 bridgehead atoms. The lowest BCUT2D eigenvalue weighted by molar-refractivity contribution is -0.164. The second-order valence-corrected chi connectivity index (χ2v) is 5.89. The zero-order valence-electron chi connectivity index (χ0n) is 12.5. The van der Waals surface area contributed by atoms with E-state index in [1.807, 2.05) is 0 Å². The number of benzene rings is 1. The minimum atomic E-state index is -1.71. The van der Waals surface area contributed by atoms with Gasteiger partial charge in [0.25, 0.3) is 0 Å². The summed E-state index contributed by atoms with van der Waals surface area (Å²) in [6.07, 6.45) is 0. The summed E-state index contributed by atoms with van der Waals surface area (Å²) < 4.78 is 10.3. The average Bonchev–Trinajstić information content (AvgIpc) is 2.37. The largest absolute Gasteiger partial charge is 0.506 e. The molecule has 0 radical (unpaired) electrons. The van der Waals surface area contributed by atoms with Crippen LogP contribution in [0, 0.1) is 5.41 Å². The van der Waals surface area contributed by atoms with Crippen molar-refractivity contribution in [3.63, 3.8) is 0 Å². The molecule has 114 valence electrons. The number of carbonyl (C=O) groups excluding carboxylic acids is 2. The Labute approximate surface area is 123 Å². The molecule has 0 aromatic heterocycles. The maximum atomic E-state index is 12.5. The van der Waals surface area contributed by atoms with Crippen LogP contribution in [0.3, 0.4) is 0 Å². The number of fused-ring (bicyclic) bond motifs is 1. The molecule has 1 atom stereocenters. The summed E-state index contributed by atoms with van der Waals surface area (Å²) in [5.74, 6) is -1.38. The van der Waals surface area contributed by atoms with E-state index >= 15 is 0 Å². The van der Waals surface area contributed by atoms with Crippen molar-refractivity contribution in [2.24, 2.45) is 5.41 Å². The molecule has 1 aromatic rings. The molecule has 2 N–H and O–H groups in total. The number of esters is 2. The molecule has 1 unspecified atom stereocenters. The van der Waals surface area contributed by atoms with Crippen molar-refractivity contribution >= 4 is 17.6 Å². The number of anilines is 1. The Balaban J connectivity index is 2.60. The Morgan fingerprint density at radius 1 is 1.43 bits per heavy atom. The van der Waals surface area contributed by atoms with E-state index in [-0.39, 0.29) is 23.8 Å². The Hall–Kier alpha value is -2.24. The van der Waals surface area contributed by atoms with E-state index in [4.69, 9.17) is 9.47 Å². The number of hydrogen-bond donors (Lipinski definition) is 2. The molecule has 1 aliphatic heterocycles. The van der Waals surface area contributed by atoms with Crippen molar-refractivity contribution in [3.8, 4) is 11.5 Å².